The van der Waals surface area contributed by atoms with E-state index >= 15 is 0 Å². The number of anilines is 1. The summed E-state index contributed by atoms with van der Waals surface area (Å²) in [5.74, 6) is 1.79. The van der Waals surface area contributed by atoms with Crippen LogP contribution in [0.4, 0.5) is 11.5 Å². The Balaban J connectivity index is 2.08. The smallest absolute Gasteiger partial charge is 0.311 e. The van der Waals surface area contributed by atoms with Crippen molar-refractivity contribution >= 4 is 11.5 Å². The number of nitrogens with one attached hydrogen (secondary N) is 1. The van der Waals surface area contributed by atoms with Gasteiger partial charge in [-0.15, -0.1) is 0 Å². The minimum absolute atomic E-state index is 0.0591. The highest BCUT2D eigenvalue weighted by Gasteiger charge is 2.26. The van der Waals surface area contributed by atoms with E-state index < -0.39 is 0 Å². The SMILES string of the molecule is CC1CCC(Nc2ncccc2[N+](=O)[O-])CC1C. The summed E-state index contributed by atoms with van der Waals surface area (Å²) in [6.45, 7) is 4.51. The molecule has 18 heavy (non-hydrogen) atoms. The predicted octanol–water partition coefficient (Wildman–Crippen LogP) is 3.23. The largest absolute Gasteiger partial charge is 0.362 e. The Hall–Kier alpha value is -1.65. The van der Waals surface area contributed by atoms with E-state index in [4.69, 9.17) is 0 Å². The van der Waals surface area contributed by atoms with Gasteiger partial charge in [-0.3, -0.25) is 10.1 Å². The summed E-state index contributed by atoms with van der Waals surface area (Å²) in [6.07, 6.45) is 4.86. The molecule has 1 heterocycles. The van der Waals surface area contributed by atoms with Crippen LogP contribution in [0.2, 0.25) is 0 Å². The van der Waals surface area contributed by atoms with Crippen molar-refractivity contribution in [2.24, 2.45) is 11.8 Å². The van der Waals surface area contributed by atoms with Crippen molar-refractivity contribution in [3.8, 4) is 0 Å². The van der Waals surface area contributed by atoms with Crippen molar-refractivity contribution in [2.45, 2.75) is 39.2 Å². The van der Waals surface area contributed by atoms with Gasteiger partial charge in [0.2, 0.25) is 5.82 Å². The Morgan fingerprint density at radius 1 is 1.39 bits per heavy atom. The van der Waals surface area contributed by atoms with Crippen LogP contribution in [-0.2, 0) is 0 Å². The van der Waals surface area contributed by atoms with Gasteiger partial charge in [0.1, 0.15) is 0 Å². The lowest BCUT2D eigenvalue weighted by molar-refractivity contribution is -0.384. The van der Waals surface area contributed by atoms with E-state index in [0.717, 1.165) is 18.8 Å². The van der Waals surface area contributed by atoms with E-state index in [1.807, 2.05) is 0 Å². The van der Waals surface area contributed by atoms with Crippen LogP contribution in [-0.4, -0.2) is 15.9 Å². The molecular formula is C13H19N3O2. The standard InChI is InChI=1S/C13H19N3O2/c1-9-5-6-11(8-10(9)2)15-13-12(16(17)18)4-3-7-14-13/h3-4,7,9-11H,5-6,8H2,1-2H3,(H,14,15). The van der Waals surface area contributed by atoms with Crippen LogP contribution in [0, 0.1) is 22.0 Å². The molecule has 1 saturated carbocycles. The first-order valence-electron chi connectivity index (χ1n) is 6.44. The lowest BCUT2D eigenvalue weighted by Gasteiger charge is -2.32. The third kappa shape index (κ3) is 2.78. The number of hydrogen-bond donors (Lipinski definition) is 1. The van der Waals surface area contributed by atoms with Crippen molar-refractivity contribution in [1.82, 2.24) is 4.98 Å². The molecule has 1 aromatic rings. The Kier molecular flexibility index (Phi) is 3.79. The first kappa shape index (κ1) is 12.8. The van der Waals surface area contributed by atoms with E-state index in [0.29, 0.717) is 17.8 Å². The minimum atomic E-state index is -0.385. The van der Waals surface area contributed by atoms with Gasteiger partial charge in [-0.05, 0) is 37.2 Å². The van der Waals surface area contributed by atoms with Gasteiger partial charge in [-0.25, -0.2) is 4.98 Å². The molecule has 1 fully saturated rings. The zero-order valence-electron chi connectivity index (χ0n) is 10.8. The fourth-order valence-corrected chi connectivity index (χ4v) is 2.53. The molecule has 3 unspecified atom stereocenters. The fourth-order valence-electron chi connectivity index (χ4n) is 2.53. The molecule has 5 heteroatoms. The summed E-state index contributed by atoms with van der Waals surface area (Å²) in [6, 6.07) is 3.38. The zero-order chi connectivity index (χ0) is 13.1. The van der Waals surface area contributed by atoms with Crippen molar-refractivity contribution < 1.29 is 4.92 Å². The fraction of sp³-hybridized carbons (Fsp3) is 0.615. The highest BCUT2D eigenvalue weighted by molar-refractivity contribution is 5.55. The molecule has 1 N–H and O–H groups in total. The monoisotopic (exact) mass is 249 g/mol. The molecule has 0 saturated heterocycles. The van der Waals surface area contributed by atoms with Crippen LogP contribution in [0.5, 0.6) is 0 Å². The molecular weight excluding hydrogens is 230 g/mol. The van der Waals surface area contributed by atoms with Crippen molar-refractivity contribution in [2.75, 3.05) is 5.32 Å². The Bertz CT molecular complexity index is 436. The molecule has 0 aliphatic heterocycles. The average molecular weight is 249 g/mol. The van der Waals surface area contributed by atoms with Gasteiger partial charge in [0.05, 0.1) is 4.92 Å². The van der Waals surface area contributed by atoms with Gasteiger partial charge in [0.15, 0.2) is 0 Å². The molecule has 3 atom stereocenters. The summed E-state index contributed by atoms with van der Waals surface area (Å²) >= 11 is 0. The lowest BCUT2D eigenvalue weighted by atomic mass is 9.79. The molecule has 1 aliphatic rings. The maximum Gasteiger partial charge on any atom is 0.311 e. The number of hydrogen-bond acceptors (Lipinski definition) is 4. The molecule has 5 nitrogen and oxygen atoms in total. The van der Waals surface area contributed by atoms with Crippen LogP contribution in [0.15, 0.2) is 18.3 Å². The first-order valence-corrected chi connectivity index (χ1v) is 6.44. The number of pyridine rings is 1. The van der Waals surface area contributed by atoms with Gasteiger partial charge in [-0.1, -0.05) is 13.8 Å². The van der Waals surface area contributed by atoms with Gasteiger partial charge in [0.25, 0.3) is 0 Å². The molecule has 0 radical (unpaired) electrons. The molecule has 0 amide bonds. The Morgan fingerprint density at radius 3 is 2.83 bits per heavy atom. The first-order chi connectivity index (χ1) is 8.58. The average Bonchev–Trinajstić information content (AvgIpc) is 2.34. The van der Waals surface area contributed by atoms with Gasteiger partial charge in [0, 0.05) is 18.3 Å². The summed E-state index contributed by atoms with van der Waals surface area (Å²) < 4.78 is 0. The van der Waals surface area contributed by atoms with Crippen LogP contribution in [0.25, 0.3) is 0 Å². The van der Waals surface area contributed by atoms with Crippen LogP contribution in [0.1, 0.15) is 33.1 Å². The van der Waals surface area contributed by atoms with Gasteiger partial charge in [-0.2, -0.15) is 0 Å². The predicted molar refractivity (Wildman–Crippen MR) is 70.5 cm³/mol. The Morgan fingerprint density at radius 2 is 2.17 bits per heavy atom. The molecule has 1 aromatic heterocycles. The summed E-state index contributed by atoms with van der Waals surface area (Å²) in [4.78, 5) is 14.6. The number of nitrogens with zero attached hydrogens (tertiary/aromatic N) is 2. The van der Waals surface area contributed by atoms with E-state index in [9.17, 15) is 10.1 Å². The summed E-state index contributed by atoms with van der Waals surface area (Å²) in [5.41, 5.74) is 0.0591. The summed E-state index contributed by atoms with van der Waals surface area (Å²) in [5, 5.41) is 14.1. The quantitative estimate of drug-likeness (QED) is 0.659. The van der Waals surface area contributed by atoms with Crippen LogP contribution >= 0.6 is 0 Å². The second-order valence-corrected chi connectivity index (χ2v) is 5.24. The minimum Gasteiger partial charge on any atom is -0.362 e. The third-order valence-corrected chi connectivity index (χ3v) is 3.92. The van der Waals surface area contributed by atoms with Crippen molar-refractivity contribution in [3.63, 3.8) is 0 Å². The van der Waals surface area contributed by atoms with Crippen molar-refractivity contribution in [3.05, 3.63) is 28.4 Å². The highest BCUT2D eigenvalue weighted by Crippen LogP contribution is 2.32. The maximum absolute atomic E-state index is 10.9. The van der Waals surface area contributed by atoms with E-state index in [-0.39, 0.29) is 10.6 Å². The van der Waals surface area contributed by atoms with Crippen molar-refractivity contribution in [1.29, 1.82) is 0 Å². The Labute approximate surface area is 107 Å². The normalized spacial score (nSPS) is 27.8. The molecule has 2 rings (SSSR count). The van der Waals surface area contributed by atoms with E-state index in [1.54, 1.807) is 12.3 Å². The zero-order valence-corrected chi connectivity index (χ0v) is 10.8. The number of aromatic nitrogens is 1. The van der Waals surface area contributed by atoms with Crippen LogP contribution in [0.3, 0.4) is 0 Å². The molecule has 98 valence electrons. The van der Waals surface area contributed by atoms with Crippen LogP contribution < -0.4 is 5.32 Å². The maximum atomic E-state index is 10.9. The second-order valence-electron chi connectivity index (χ2n) is 5.24. The third-order valence-electron chi connectivity index (χ3n) is 3.92. The molecule has 0 bridgehead atoms. The van der Waals surface area contributed by atoms with Gasteiger partial charge < -0.3 is 5.32 Å². The molecule has 1 aliphatic carbocycles. The van der Waals surface area contributed by atoms with E-state index in [2.05, 4.69) is 24.1 Å². The lowest BCUT2D eigenvalue weighted by Crippen LogP contribution is -2.30. The number of rotatable bonds is 3. The number of nitro groups is 1. The molecule has 0 spiro atoms. The summed E-state index contributed by atoms with van der Waals surface area (Å²) in [7, 11) is 0. The topological polar surface area (TPSA) is 68.1 Å². The second kappa shape index (κ2) is 5.33. The van der Waals surface area contributed by atoms with E-state index in [1.165, 1.54) is 12.5 Å². The van der Waals surface area contributed by atoms with Gasteiger partial charge >= 0.3 is 5.69 Å². The molecule has 0 aromatic carbocycles. The highest BCUT2D eigenvalue weighted by atomic mass is 16.6.